The van der Waals surface area contributed by atoms with Crippen molar-refractivity contribution < 1.29 is 5.11 Å². The van der Waals surface area contributed by atoms with E-state index in [0.717, 1.165) is 34.6 Å². The van der Waals surface area contributed by atoms with Crippen molar-refractivity contribution >= 4 is 21.6 Å². The Kier molecular flexibility index (Phi) is 2.63. The lowest BCUT2D eigenvalue weighted by Crippen LogP contribution is -2.28. The van der Waals surface area contributed by atoms with Crippen LogP contribution in [-0.2, 0) is 0 Å². The van der Waals surface area contributed by atoms with Gasteiger partial charge in [-0.3, -0.25) is 0 Å². The minimum absolute atomic E-state index is 0.181. The molecule has 0 unspecified atom stereocenters. The molecule has 1 aromatic heterocycles. The zero-order valence-corrected chi connectivity index (χ0v) is 9.70. The maximum atomic E-state index is 10.2. The van der Waals surface area contributed by atoms with Crippen molar-refractivity contribution in [3.63, 3.8) is 0 Å². The number of hydrogen-bond acceptors (Lipinski definition) is 4. The Bertz CT molecular complexity index is 457. The Morgan fingerprint density at radius 3 is 3.06 bits per heavy atom. The van der Waals surface area contributed by atoms with E-state index in [4.69, 9.17) is 0 Å². The minimum Gasteiger partial charge on any atom is -0.384 e. The Morgan fingerprint density at radius 1 is 1.44 bits per heavy atom. The smallest absolute Gasteiger partial charge is 0.124 e. The monoisotopic (exact) mass is 234 g/mol. The van der Waals surface area contributed by atoms with E-state index in [1.54, 1.807) is 11.3 Å². The predicted octanol–water partition coefficient (Wildman–Crippen LogP) is 2.08. The van der Waals surface area contributed by atoms with Gasteiger partial charge in [0.25, 0.3) is 0 Å². The van der Waals surface area contributed by atoms with E-state index in [2.05, 4.69) is 10.3 Å². The molecule has 0 aliphatic carbocycles. The molecule has 1 fully saturated rings. The number of aliphatic hydroxyl groups excluding tert-OH is 1. The van der Waals surface area contributed by atoms with Crippen LogP contribution in [0.3, 0.4) is 0 Å². The Morgan fingerprint density at radius 2 is 2.31 bits per heavy atom. The third kappa shape index (κ3) is 1.73. The van der Waals surface area contributed by atoms with Crippen LogP contribution >= 0.6 is 11.3 Å². The lowest BCUT2D eigenvalue weighted by atomic mass is 10.1. The molecule has 1 aromatic carbocycles. The molecule has 3 nitrogen and oxygen atoms in total. The fourth-order valence-electron chi connectivity index (χ4n) is 2.17. The molecule has 2 aromatic rings. The quantitative estimate of drug-likeness (QED) is 0.836. The van der Waals surface area contributed by atoms with E-state index in [0.29, 0.717) is 0 Å². The number of nitrogens with one attached hydrogen (secondary N) is 1. The molecule has 0 amide bonds. The highest BCUT2D eigenvalue weighted by molar-refractivity contribution is 7.18. The van der Waals surface area contributed by atoms with Crippen LogP contribution in [0.15, 0.2) is 24.3 Å². The Labute approximate surface area is 98.1 Å². The summed E-state index contributed by atoms with van der Waals surface area (Å²) in [6.07, 6.45) is 1.73. The first-order chi connectivity index (χ1) is 7.84. The van der Waals surface area contributed by atoms with Gasteiger partial charge in [0.15, 0.2) is 0 Å². The van der Waals surface area contributed by atoms with E-state index in [9.17, 15) is 5.11 Å². The maximum Gasteiger partial charge on any atom is 0.124 e. The zero-order chi connectivity index (χ0) is 11.0. The molecular weight excluding hydrogens is 220 g/mol. The topological polar surface area (TPSA) is 45.2 Å². The van der Waals surface area contributed by atoms with Gasteiger partial charge in [-0.25, -0.2) is 4.98 Å². The summed E-state index contributed by atoms with van der Waals surface area (Å²) in [6, 6.07) is 8.20. The molecule has 2 N–H and O–H groups in total. The van der Waals surface area contributed by atoms with Crippen LogP contribution in [0.4, 0.5) is 0 Å². The highest BCUT2D eigenvalue weighted by atomic mass is 32.1. The van der Waals surface area contributed by atoms with Crippen molar-refractivity contribution in [2.75, 3.05) is 6.54 Å². The van der Waals surface area contributed by atoms with Crippen molar-refractivity contribution in [1.29, 1.82) is 0 Å². The number of rotatable bonds is 2. The number of thiazole rings is 1. The summed E-state index contributed by atoms with van der Waals surface area (Å²) in [5.41, 5.74) is 0.986. The van der Waals surface area contributed by atoms with Gasteiger partial charge in [0.1, 0.15) is 11.1 Å². The number of fused-ring (bicyclic) bond motifs is 1. The van der Waals surface area contributed by atoms with Crippen molar-refractivity contribution in [3.05, 3.63) is 29.3 Å². The summed E-state index contributed by atoms with van der Waals surface area (Å²) in [5, 5.41) is 14.4. The van der Waals surface area contributed by atoms with Crippen molar-refractivity contribution in [2.45, 2.75) is 25.0 Å². The average molecular weight is 234 g/mol. The molecule has 3 rings (SSSR count). The molecule has 1 aliphatic heterocycles. The standard InChI is InChI=1S/C12H14N2OS/c15-11(9-5-3-7-13-9)12-14-8-4-1-2-6-10(8)16-12/h1-2,4,6,9,11,13,15H,3,5,7H2/t9-,11-/m1/s1. The van der Waals surface area contributed by atoms with Gasteiger partial charge in [-0.05, 0) is 31.5 Å². The van der Waals surface area contributed by atoms with Gasteiger partial charge in [0.05, 0.1) is 10.2 Å². The number of benzene rings is 1. The summed E-state index contributed by atoms with van der Waals surface area (Å²) >= 11 is 1.59. The van der Waals surface area contributed by atoms with Crippen LogP contribution in [0, 0.1) is 0 Å². The van der Waals surface area contributed by atoms with Crippen LogP contribution < -0.4 is 5.32 Å². The van der Waals surface area contributed by atoms with Crippen LogP contribution in [0.1, 0.15) is 24.0 Å². The minimum atomic E-state index is -0.458. The SMILES string of the molecule is O[C@@H](c1nc2ccccc2s1)[C@H]1CCCN1. The molecular formula is C12H14N2OS. The second-order valence-electron chi connectivity index (χ2n) is 4.17. The molecule has 0 radical (unpaired) electrons. The van der Waals surface area contributed by atoms with E-state index in [1.165, 1.54) is 0 Å². The maximum absolute atomic E-state index is 10.2. The van der Waals surface area contributed by atoms with Gasteiger partial charge in [-0.15, -0.1) is 11.3 Å². The zero-order valence-electron chi connectivity index (χ0n) is 8.89. The number of nitrogens with zero attached hydrogens (tertiary/aromatic N) is 1. The first-order valence-electron chi connectivity index (χ1n) is 5.61. The molecule has 4 heteroatoms. The number of hydrogen-bond donors (Lipinski definition) is 2. The predicted molar refractivity (Wildman–Crippen MR) is 65.6 cm³/mol. The van der Waals surface area contributed by atoms with E-state index in [1.807, 2.05) is 24.3 Å². The van der Waals surface area contributed by atoms with Crippen LogP contribution in [0.2, 0.25) is 0 Å². The highest BCUT2D eigenvalue weighted by Crippen LogP contribution is 2.30. The van der Waals surface area contributed by atoms with Gasteiger partial charge in [0.2, 0.25) is 0 Å². The van der Waals surface area contributed by atoms with Gasteiger partial charge in [-0.2, -0.15) is 0 Å². The third-order valence-electron chi connectivity index (χ3n) is 3.04. The largest absolute Gasteiger partial charge is 0.384 e. The molecule has 0 spiro atoms. The first-order valence-corrected chi connectivity index (χ1v) is 6.43. The normalized spacial score (nSPS) is 22.7. The van der Waals surface area contributed by atoms with E-state index in [-0.39, 0.29) is 6.04 Å². The van der Waals surface area contributed by atoms with Gasteiger partial charge < -0.3 is 10.4 Å². The molecule has 0 saturated carbocycles. The van der Waals surface area contributed by atoms with Gasteiger partial charge >= 0.3 is 0 Å². The lowest BCUT2D eigenvalue weighted by Gasteiger charge is -2.15. The van der Waals surface area contributed by atoms with Gasteiger partial charge in [-0.1, -0.05) is 12.1 Å². The first kappa shape index (κ1) is 10.2. The van der Waals surface area contributed by atoms with Gasteiger partial charge in [0, 0.05) is 6.04 Å². The molecule has 2 heterocycles. The third-order valence-corrected chi connectivity index (χ3v) is 4.15. The molecule has 2 atom stereocenters. The second kappa shape index (κ2) is 4.13. The van der Waals surface area contributed by atoms with Crippen LogP contribution in [0.25, 0.3) is 10.2 Å². The fourth-order valence-corrected chi connectivity index (χ4v) is 3.19. The summed E-state index contributed by atoms with van der Waals surface area (Å²) in [6.45, 7) is 1.01. The van der Waals surface area contributed by atoms with E-state index < -0.39 is 6.10 Å². The molecule has 84 valence electrons. The summed E-state index contributed by atoms with van der Waals surface area (Å²) < 4.78 is 1.15. The Balaban J connectivity index is 1.92. The lowest BCUT2D eigenvalue weighted by molar-refractivity contribution is 0.137. The molecule has 1 saturated heterocycles. The van der Waals surface area contributed by atoms with Crippen molar-refractivity contribution in [2.24, 2.45) is 0 Å². The van der Waals surface area contributed by atoms with E-state index >= 15 is 0 Å². The second-order valence-corrected chi connectivity index (χ2v) is 5.23. The molecule has 1 aliphatic rings. The van der Waals surface area contributed by atoms with Crippen LogP contribution in [0.5, 0.6) is 0 Å². The molecule has 0 bridgehead atoms. The summed E-state index contributed by atoms with van der Waals surface area (Å²) in [7, 11) is 0. The van der Waals surface area contributed by atoms with Crippen molar-refractivity contribution in [3.8, 4) is 0 Å². The number of para-hydroxylation sites is 1. The number of aliphatic hydroxyl groups is 1. The summed E-state index contributed by atoms with van der Waals surface area (Å²) in [4.78, 5) is 4.49. The Hall–Kier alpha value is -0.970. The fraction of sp³-hybridized carbons (Fsp3) is 0.417. The highest BCUT2D eigenvalue weighted by Gasteiger charge is 2.26. The molecule has 16 heavy (non-hydrogen) atoms. The van der Waals surface area contributed by atoms with Crippen LogP contribution in [-0.4, -0.2) is 22.7 Å². The average Bonchev–Trinajstić information content (AvgIpc) is 2.97. The summed E-state index contributed by atoms with van der Waals surface area (Å²) in [5.74, 6) is 0. The number of aromatic nitrogens is 1. The van der Waals surface area contributed by atoms with Crippen molar-refractivity contribution in [1.82, 2.24) is 10.3 Å².